The van der Waals surface area contributed by atoms with Gasteiger partial charge in [0.15, 0.2) is 5.84 Å². The quantitative estimate of drug-likeness (QED) is 0.386. The van der Waals surface area contributed by atoms with Crippen molar-refractivity contribution in [3.63, 3.8) is 0 Å². The summed E-state index contributed by atoms with van der Waals surface area (Å²) >= 11 is 6.21. The van der Waals surface area contributed by atoms with Gasteiger partial charge in [0.05, 0.1) is 10.7 Å². The zero-order chi connectivity index (χ0) is 13.1. The summed E-state index contributed by atoms with van der Waals surface area (Å²) in [4.78, 5) is 4.24. The molecule has 6 heteroatoms. The van der Waals surface area contributed by atoms with Gasteiger partial charge >= 0.3 is 0 Å². The lowest BCUT2D eigenvalue weighted by molar-refractivity contribution is 0.318. The highest BCUT2D eigenvalue weighted by atomic mass is 35.5. The normalized spacial score (nSPS) is 11.8. The van der Waals surface area contributed by atoms with Crippen molar-refractivity contribution in [1.29, 1.82) is 0 Å². The number of aryl methyl sites for hydroxylation is 1. The van der Waals surface area contributed by atoms with E-state index >= 15 is 0 Å². The van der Waals surface area contributed by atoms with Crippen molar-refractivity contribution < 1.29 is 5.21 Å². The number of hydrogen-bond donors (Lipinski definition) is 2. The molecule has 0 unspecified atom stereocenters. The molecule has 0 amide bonds. The first-order chi connectivity index (χ1) is 8.67. The molecule has 0 aliphatic heterocycles. The fourth-order valence-corrected chi connectivity index (χ4v) is 2.01. The standard InChI is InChI=1S/C12H13ClN4O/c1-2-11-15-5-6-17(11)10-4-3-8(7-9(10)13)12(14)16-18/h3-7,18H,2H2,1H3,(H2,14,16). The van der Waals surface area contributed by atoms with Gasteiger partial charge in [-0.2, -0.15) is 0 Å². The van der Waals surface area contributed by atoms with Crippen LogP contribution in [-0.2, 0) is 6.42 Å². The molecule has 18 heavy (non-hydrogen) atoms. The topological polar surface area (TPSA) is 76.4 Å². The molecule has 1 heterocycles. The Morgan fingerprint density at radius 3 is 2.94 bits per heavy atom. The van der Waals surface area contributed by atoms with Crippen LogP contribution in [0.4, 0.5) is 0 Å². The van der Waals surface area contributed by atoms with Crippen LogP contribution in [0.15, 0.2) is 35.7 Å². The molecule has 0 fully saturated rings. The van der Waals surface area contributed by atoms with Gasteiger partial charge in [0, 0.05) is 24.4 Å². The minimum Gasteiger partial charge on any atom is -0.409 e. The highest BCUT2D eigenvalue weighted by Gasteiger charge is 2.09. The van der Waals surface area contributed by atoms with Gasteiger partial charge in [-0.1, -0.05) is 23.7 Å². The van der Waals surface area contributed by atoms with E-state index in [0.717, 1.165) is 17.9 Å². The maximum absolute atomic E-state index is 8.62. The minimum absolute atomic E-state index is 0.0322. The summed E-state index contributed by atoms with van der Waals surface area (Å²) in [5.41, 5.74) is 6.90. The Morgan fingerprint density at radius 2 is 2.33 bits per heavy atom. The number of imidazole rings is 1. The molecule has 1 aromatic heterocycles. The molecule has 0 bridgehead atoms. The monoisotopic (exact) mass is 264 g/mol. The van der Waals surface area contributed by atoms with Crippen LogP contribution in [0.2, 0.25) is 5.02 Å². The Hall–Kier alpha value is -2.01. The average molecular weight is 265 g/mol. The third kappa shape index (κ3) is 2.17. The highest BCUT2D eigenvalue weighted by Crippen LogP contribution is 2.23. The molecule has 2 aromatic rings. The summed E-state index contributed by atoms with van der Waals surface area (Å²) in [5.74, 6) is 0.957. The van der Waals surface area contributed by atoms with E-state index in [4.69, 9.17) is 22.5 Å². The van der Waals surface area contributed by atoms with Crippen molar-refractivity contribution in [1.82, 2.24) is 9.55 Å². The molecule has 1 aromatic carbocycles. The van der Waals surface area contributed by atoms with Crippen LogP contribution in [-0.4, -0.2) is 20.6 Å². The van der Waals surface area contributed by atoms with E-state index in [1.165, 1.54) is 0 Å². The van der Waals surface area contributed by atoms with Gasteiger partial charge < -0.3 is 15.5 Å². The lowest BCUT2D eigenvalue weighted by Crippen LogP contribution is -2.13. The lowest BCUT2D eigenvalue weighted by Gasteiger charge is -2.10. The minimum atomic E-state index is 0.0322. The number of halogens is 1. The van der Waals surface area contributed by atoms with E-state index in [0.29, 0.717) is 10.6 Å². The Morgan fingerprint density at radius 1 is 1.56 bits per heavy atom. The number of nitrogens with two attached hydrogens (primary N) is 1. The van der Waals surface area contributed by atoms with Gasteiger partial charge in [-0.25, -0.2) is 4.98 Å². The molecule has 3 N–H and O–H groups in total. The molecule has 0 saturated carbocycles. The van der Waals surface area contributed by atoms with Crippen molar-refractivity contribution >= 4 is 17.4 Å². The van der Waals surface area contributed by atoms with Crippen molar-refractivity contribution in [3.8, 4) is 5.69 Å². The van der Waals surface area contributed by atoms with Crippen LogP contribution < -0.4 is 5.73 Å². The van der Waals surface area contributed by atoms with E-state index in [9.17, 15) is 0 Å². The van der Waals surface area contributed by atoms with Gasteiger partial charge in [-0.05, 0) is 18.2 Å². The van der Waals surface area contributed by atoms with Gasteiger partial charge in [0.25, 0.3) is 0 Å². The van der Waals surface area contributed by atoms with Gasteiger partial charge in [0.1, 0.15) is 5.82 Å². The maximum atomic E-state index is 8.62. The number of oxime groups is 1. The average Bonchev–Trinajstić information content (AvgIpc) is 2.85. The summed E-state index contributed by atoms with van der Waals surface area (Å²) in [6.07, 6.45) is 4.39. The van der Waals surface area contributed by atoms with E-state index in [2.05, 4.69) is 10.1 Å². The van der Waals surface area contributed by atoms with Gasteiger partial charge in [-0.3, -0.25) is 0 Å². The zero-order valence-corrected chi connectivity index (χ0v) is 10.6. The Kier molecular flexibility index (Phi) is 3.53. The summed E-state index contributed by atoms with van der Waals surface area (Å²) in [6, 6.07) is 5.22. The molecular formula is C12H13ClN4O. The Labute approximate surface area is 110 Å². The number of amidine groups is 1. The SMILES string of the molecule is CCc1nccn1-c1ccc(C(N)=NO)cc1Cl. The van der Waals surface area contributed by atoms with Crippen LogP contribution >= 0.6 is 11.6 Å². The van der Waals surface area contributed by atoms with Crippen LogP contribution in [0.3, 0.4) is 0 Å². The van der Waals surface area contributed by atoms with E-state index in [1.807, 2.05) is 23.8 Å². The first-order valence-electron chi connectivity index (χ1n) is 5.47. The lowest BCUT2D eigenvalue weighted by atomic mass is 10.2. The summed E-state index contributed by atoms with van der Waals surface area (Å²) in [5, 5.41) is 12.1. The maximum Gasteiger partial charge on any atom is 0.170 e. The molecule has 2 rings (SSSR count). The second-order valence-corrected chi connectivity index (χ2v) is 4.13. The van der Waals surface area contributed by atoms with Gasteiger partial charge in [-0.15, -0.1) is 0 Å². The fraction of sp³-hybridized carbons (Fsp3) is 0.167. The number of rotatable bonds is 3. The van der Waals surface area contributed by atoms with E-state index < -0.39 is 0 Å². The Balaban J connectivity index is 2.48. The number of nitrogens with zero attached hydrogens (tertiary/aromatic N) is 3. The van der Waals surface area contributed by atoms with Crippen molar-refractivity contribution in [2.45, 2.75) is 13.3 Å². The summed E-state index contributed by atoms with van der Waals surface area (Å²) in [6.45, 7) is 2.03. The molecule has 0 saturated heterocycles. The van der Waals surface area contributed by atoms with Crippen LogP contribution in [0.1, 0.15) is 18.3 Å². The highest BCUT2D eigenvalue weighted by molar-refractivity contribution is 6.32. The summed E-state index contributed by atoms with van der Waals surface area (Å²) in [7, 11) is 0. The fourth-order valence-electron chi connectivity index (χ4n) is 1.73. The van der Waals surface area contributed by atoms with Crippen molar-refractivity contribution in [2.75, 3.05) is 0 Å². The smallest absolute Gasteiger partial charge is 0.170 e. The molecule has 5 nitrogen and oxygen atoms in total. The second kappa shape index (κ2) is 5.10. The van der Waals surface area contributed by atoms with Crippen molar-refractivity contribution in [3.05, 3.63) is 47.0 Å². The molecule has 0 aliphatic carbocycles. The van der Waals surface area contributed by atoms with Crippen molar-refractivity contribution in [2.24, 2.45) is 10.9 Å². The number of aromatic nitrogens is 2. The number of benzene rings is 1. The van der Waals surface area contributed by atoms with Crippen LogP contribution in [0.25, 0.3) is 5.69 Å². The van der Waals surface area contributed by atoms with Crippen LogP contribution in [0, 0.1) is 0 Å². The Bertz CT molecular complexity index is 592. The van der Waals surface area contributed by atoms with Gasteiger partial charge in [0.2, 0.25) is 0 Å². The third-order valence-electron chi connectivity index (χ3n) is 2.64. The molecule has 94 valence electrons. The predicted octanol–water partition coefficient (Wildman–Crippen LogP) is 2.18. The molecule has 0 aliphatic rings. The predicted molar refractivity (Wildman–Crippen MR) is 70.5 cm³/mol. The summed E-state index contributed by atoms with van der Waals surface area (Å²) < 4.78 is 1.92. The number of hydrogen-bond acceptors (Lipinski definition) is 3. The van der Waals surface area contributed by atoms with E-state index in [-0.39, 0.29) is 5.84 Å². The first kappa shape index (κ1) is 12.4. The first-order valence-corrected chi connectivity index (χ1v) is 5.85. The third-order valence-corrected chi connectivity index (χ3v) is 2.95. The second-order valence-electron chi connectivity index (χ2n) is 3.72. The molecule has 0 atom stereocenters. The molecular weight excluding hydrogens is 252 g/mol. The zero-order valence-electron chi connectivity index (χ0n) is 9.84. The van der Waals surface area contributed by atoms with E-state index in [1.54, 1.807) is 18.3 Å². The molecule has 0 radical (unpaired) electrons. The van der Waals surface area contributed by atoms with Crippen LogP contribution in [0.5, 0.6) is 0 Å². The molecule has 0 spiro atoms. The largest absolute Gasteiger partial charge is 0.409 e.